The fourth-order valence-corrected chi connectivity index (χ4v) is 3.92. The molecule has 0 spiro atoms. The van der Waals surface area contributed by atoms with Crippen LogP contribution in [0.15, 0.2) is 18.2 Å². The van der Waals surface area contributed by atoms with Gasteiger partial charge in [0.15, 0.2) is 5.13 Å². The lowest BCUT2D eigenvalue weighted by Gasteiger charge is -2.39. The maximum atomic E-state index is 13.7. The maximum Gasteiger partial charge on any atom is 0.186 e. The molecule has 6 heteroatoms. The van der Waals surface area contributed by atoms with Gasteiger partial charge in [0, 0.05) is 19.6 Å². The van der Waals surface area contributed by atoms with Gasteiger partial charge in [-0.15, -0.1) is 0 Å². The molecule has 1 aromatic heterocycles. The molecular weight excluding hydrogens is 289 g/mol. The number of aromatic nitrogens is 1. The minimum atomic E-state index is -0.623. The molecular formula is C15H20FN3OS. The normalized spacial score (nSPS) is 18.6. The molecule has 1 aliphatic rings. The van der Waals surface area contributed by atoms with E-state index in [9.17, 15) is 9.50 Å². The van der Waals surface area contributed by atoms with E-state index in [0.29, 0.717) is 29.6 Å². The van der Waals surface area contributed by atoms with Gasteiger partial charge in [0.1, 0.15) is 5.82 Å². The van der Waals surface area contributed by atoms with Crippen LogP contribution in [0.4, 0.5) is 9.52 Å². The van der Waals surface area contributed by atoms with Gasteiger partial charge >= 0.3 is 0 Å². The quantitative estimate of drug-likeness (QED) is 0.944. The molecule has 0 aliphatic carbocycles. The summed E-state index contributed by atoms with van der Waals surface area (Å²) in [6, 6.07) is 4.99. The van der Waals surface area contributed by atoms with Crippen LogP contribution in [-0.4, -0.2) is 54.3 Å². The number of aliphatic hydroxyl groups is 1. The number of rotatable bonds is 3. The molecule has 4 nitrogen and oxygen atoms in total. The molecule has 1 fully saturated rings. The summed E-state index contributed by atoms with van der Waals surface area (Å²) in [5.41, 5.74) is 0.0891. The lowest BCUT2D eigenvalue weighted by Crippen LogP contribution is -2.49. The highest BCUT2D eigenvalue weighted by Crippen LogP contribution is 2.33. The third kappa shape index (κ3) is 3.02. The molecule has 0 bridgehead atoms. The van der Waals surface area contributed by atoms with Gasteiger partial charge in [-0.2, -0.15) is 0 Å². The van der Waals surface area contributed by atoms with Crippen LogP contribution in [-0.2, 0) is 0 Å². The van der Waals surface area contributed by atoms with Gasteiger partial charge in [0.25, 0.3) is 0 Å². The van der Waals surface area contributed by atoms with Crippen molar-refractivity contribution < 1.29 is 9.50 Å². The number of hydrogen-bond donors (Lipinski definition) is 1. The highest BCUT2D eigenvalue weighted by Gasteiger charge is 2.33. The Morgan fingerprint density at radius 1 is 1.38 bits per heavy atom. The Hall–Kier alpha value is -1.24. The molecule has 3 rings (SSSR count). The second-order valence-electron chi connectivity index (χ2n) is 6.03. The first kappa shape index (κ1) is 14.7. The van der Waals surface area contributed by atoms with Crippen molar-refractivity contribution in [2.45, 2.75) is 18.4 Å². The first-order chi connectivity index (χ1) is 9.97. The second-order valence-corrected chi connectivity index (χ2v) is 7.01. The summed E-state index contributed by atoms with van der Waals surface area (Å²) in [4.78, 5) is 8.68. The SMILES string of the molecule is CN(C)CC1(O)CCN(c2nc3cccc(F)c3s2)CC1. The van der Waals surface area contributed by atoms with Gasteiger partial charge in [0.05, 0.1) is 15.8 Å². The fraction of sp³-hybridized carbons (Fsp3) is 0.533. The summed E-state index contributed by atoms with van der Waals surface area (Å²) in [6.45, 7) is 2.19. The van der Waals surface area contributed by atoms with E-state index in [2.05, 4.69) is 9.88 Å². The molecule has 1 N–H and O–H groups in total. The summed E-state index contributed by atoms with van der Waals surface area (Å²) >= 11 is 1.39. The van der Waals surface area contributed by atoms with Gasteiger partial charge in [-0.1, -0.05) is 17.4 Å². The minimum Gasteiger partial charge on any atom is -0.388 e. The summed E-state index contributed by atoms with van der Waals surface area (Å²) in [6.07, 6.45) is 1.42. The third-order valence-corrected chi connectivity index (χ3v) is 5.07. The highest BCUT2D eigenvalue weighted by molar-refractivity contribution is 7.22. The lowest BCUT2D eigenvalue weighted by molar-refractivity contribution is -0.00537. The highest BCUT2D eigenvalue weighted by atomic mass is 32.1. The molecule has 0 radical (unpaired) electrons. The number of hydrogen-bond acceptors (Lipinski definition) is 5. The van der Waals surface area contributed by atoms with Crippen LogP contribution in [0.1, 0.15) is 12.8 Å². The predicted octanol–water partition coefficient (Wildman–Crippen LogP) is 2.33. The van der Waals surface area contributed by atoms with E-state index < -0.39 is 5.60 Å². The molecule has 114 valence electrons. The molecule has 1 saturated heterocycles. The van der Waals surface area contributed by atoms with Crippen molar-refractivity contribution in [2.75, 3.05) is 38.6 Å². The Balaban J connectivity index is 1.75. The second kappa shape index (κ2) is 5.51. The van der Waals surface area contributed by atoms with Crippen LogP contribution in [0.3, 0.4) is 0 Å². The van der Waals surface area contributed by atoms with E-state index in [0.717, 1.165) is 18.2 Å². The Morgan fingerprint density at radius 2 is 2.10 bits per heavy atom. The van der Waals surface area contributed by atoms with Crippen LogP contribution in [0.2, 0.25) is 0 Å². The first-order valence-corrected chi connectivity index (χ1v) is 7.96. The molecule has 0 unspecified atom stereocenters. The van der Waals surface area contributed by atoms with E-state index in [-0.39, 0.29) is 5.82 Å². The van der Waals surface area contributed by atoms with Crippen molar-refractivity contribution in [3.8, 4) is 0 Å². The average molecular weight is 309 g/mol. The number of likely N-dealkylation sites (N-methyl/N-ethyl adjacent to an activating group) is 1. The van der Waals surface area contributed by atoms with E-state index in [1.165, 1.54) is 17.4 Å². The van der Waals surface area contributed by atoms with Crippen molar-refractivity contribution in [3.05, 3.63) is 24.0 Å². The van der Waals surface area contributed by atoms with Crippen molar-refractivity contribution in [3.63, 3.8) is 0 Å². The molecule has 21 heavy (non-hydrogen) atoms. The lowest BCUT2D eigenvalue weighted by atomic mass is 9.91. The number of piperidine rings is 1. The molecule has 1 aliphatic heterocycles. The Bertz CT molecular complexity index is 635. The summed E-state index contributed by atoms with van der Waals surface area (Å²) in [5, 5.41) is 11.4. The fourth-order valence-electron chi connectivity index (χ4n) is 2.90. The van der Waals surface area contributed by atoms with Crippen LogP contribution in [0.25, 0.3) is 10.2 Å². The first-order valence-electron chi connectivity index (χ1n) is 7.14. The zero-order chi connectivity index (χ0) is 15.0. The number of anilines is 1. The van der Waals surface area contributed by atoms with Crippen molar-refractivity contribution in [1.82, 2.24) is 9.88 Å². The largest absolute Gasteiger partial charge is 0.388 e. The number of fused-ring (bicyclic) bond motifs is 1. The number of thiazole rings is 1. The third-order valence-electron chi connectivity index (χ3n) is 3.93. The standard InChI is InChI=1S/C15H20FN3OS/c1-18(2)10-15(20)6-8-19(9-7-15)14-17-12-5-3-4-11(16)13(12)21-14/h3-5,20H,6-10H2,1-2H3. The molecule has 0 atom stereocenters. The van der Waals surface area contributed by atoms with Crippen LogP contribution >= 0.6 is 11.3 Å². The average Bonchev–Trinajstić information content (AvgIpc) is 2.83. The minimum absolute atomic E-state index is 0.211. The monoisotopic (exact) mass is 309 g/mol. The van der Waals surface area contributed by atoms with E-state index in [1.807, 2.05) is 25.1 Å². The smallest absolute Gasteiger partial charge is 0.186 e. The van der Waals surface area contributed by atoms with Crippen LogP contribution in [0, 0.1) is 5.82 Å². The Labute approximate surface area is 127 Å². The number of halogens is 1. The number of benzene rings is 1. The molecule has 2 heterocycles. The Morgan fingerprint density at radius 3 is 2.71 bits per heavy atom. The molecule has 0 amide bonds. The Kier molecular flexibility index (Phi) is 3.86. The van der Waals surface area contributed by atoms with Gasteiger partial charge in [-0.3, -0.25) is 0 Å². The van der Waals surface area contributed by atoms with E-state index in [4.69, 9.17) is 0 Å². The maximum absolute atomic E-state index is 13.7. The topological polar surface area (TPSA) is 39.6 Å². The van der Waals surface area contributed by atoms with Crippen molar-refractivity contribution in [2.24, 2.45) is 0 Å². The molecule has 1 aromatic carbocycles. The van der Waals surface area contributed by atoms with E-state index >= 15 is 0 Å². The number of nitrogens with zero attached hydrogens (tertiary/aromatic N) is 3. The molecule has 0 saturated carbocycles. The van der Waals surface area contributed by atoms with Gasteiger partial charge < -0.3 is 14.9 Å². The van der Waals surface area contributed by atoms with Crippen molar-refractivity contribution in [1.29, 1.82) is 0 Å². The van der Waals surface area contributed by atoms with Crippen molar-refractivity contribution >= 4 is 26.7 Å². The summed E-state index contributed by atoms with van der Waals surface area (Å²) in [5.74, 6) is -0.211. The van der Waals surface area contributed by atoms with Crippen LogP contribution < -0.4 is 4.90 Å². The van der Waals surface area contributed by atoms with Gasteiger partial charge in [-0.25, -0.2) is 9.37 Å². The summed E-state index contributed by atoms with van der Waals surface area (Å²) < 4.78 is 14.4. The summed E-state index contributed by atoms with van der Waals surface area (Å²) in [7, 11) is 3.95. The molecule has 2 aromatic rings. The van der Waals surface area contributed by atoms with Gasteiger partial charge in [-0.05, 0) is 39.1 Å². The van der Waals surface area contributed by atoms with Crippen LogP contribution in [0.5, 0.6) is 0 Å². The predicted molar refractivity (Wildman–Crippen MR) is 84.5 cm³/mol. The van der Waals surface area contributed by atoms with E-state index in [1.54, 1.807) is 6.07 Å². The zero-order valence-electron chi connectivity index (χ0n) is 12.3. The van der Waals surface area contributed by atoms with Gasteiger partial charge in [0.2, 0.25) is 0 Å². The zero-order valence-corrected chi connectivity index (χ0v) is 13.2.